The smallest absolute Gasteiger partial charge is 0.218 e. The van der Waals surface area contributed by atoms with Gasteiger partial charge in [-0.05, 0) is 42.8 Å². The lowest BCUT2D eigenvalue weighted by Gasteiger charge is -2.07. The number of benzene rings is 1. The molecule has 29 heavy (non-hydrogen) atoms. The summed E-state index contributed by atoms with van der Waals surface area (Å²) >= 11 is 1.58. The van der Waals surface area contributed by atoms with Gasteiger partial charge in [-0.15, -0.1) is 0 Å². The number of amides is 1. The van der Waals surface area contributed by atoms with Crippen LogP contribution in [0.25, 0.3) is 10.9 Å². The zero-order valence-corrected chi connectivity index (χ0v) is 17.6. The SMILES string of the molecule is Cc1cc(Oc2ccc(S(C)=O)nc2)cc2cc(C3=NCC(CC(N)=O)S3)[nH]c12. The van der Waals surface area contributed by atoms with Crippen molar-refractivity contribution in [2.24, 2.45) is 10.7 Å². The largest absolute Gasteiger partial charge is 0.456 e. The first-order chi connectivity index (χ1) is 13.9. The summed E-state index contributed by atoms with van der Waals surface area (Å²) < 4.78 is 17.4. The molecule has 0 bridgehead atoms. The summed E-state index contributed by atoms with van der Waals surface area (Å²) in [7, 11) is -1.12. The van der Waals surface area contributed by atoms with Crippen LogP contribution in [0.3, 0.4) is 0 Å². The normalized spacial score (nSPS) is 17.3. The first-order valence-electron chi connectivity index (χ1n) is 8.99. The second-order valence-corrected chi connectivity index (χ2v) is 9.45. The number of nitrogens with zero attached hydrogens (tertiary/aromatic N) is 2. The maximum Gasteiger partial charge on any atom is 0.218 e. The van der Waals surface area contributed by atoms with E-state index in [1.165, 1.54) is 0 Å². The van der Waals surface area contributed by atoms with Gasteiger partial charge < -0.3 is 15.5 Å². The summed E-state index contributed by atoms with van der Waals surface area (Å²) in [5.74, 6) is 0.972. The Morgan fingerprint density at radius 3 is 2.86 bits per heavy atom. The third-order valence-electron chi connectivity index (χ3n) is 4.51. The lowest BCUT2D eigenvalue weighted by molar-refractivity contribution is -0.117. The number of carbonyl (C=O) groups is 1. The Labute approximate surface area is 174 Å². The third-order valence-corrected chi connectivity index (χ3v) is 6.57. The van der Waals surface area contributed by atoms with E-state index in [0.29, 0.717) is 29.5 Å². The second-order valence-electron chi connectivity index (χ2n) is 6.83. The van der Waals surface area contributed by atoms with Gasteiger partial charge in [0.2, 0.25) is 5.91 Å². The van der Waals surface area contributed by atoms with Crippen LogP contribution in [0.1, 0.15) is 17.7 Å². The number of pyridine rings is 1. The van der Waals surface area contributed by atoms with Gasteiger partial charge in [-0.1, -0.05) is 11.8 Å². The minimum absolute atomic E-state index is 0.0989. The topological polar surface area (TPSA) is 110 Å². The quantitative estimate of drug-likeness (QED) is 0.627. The molecule has 0 saturated heterocycles. The van der Waals surface area contributed by atoms with Crippen LogP contribution in [0.15, 0.2) is 46.5 Å². The highest BCUT2D eigenvalue weighted by atomic mass is 32.2. The molecule has 0 radical (unpaired) electrons. The van der Waals surface area contributed by atoms with Gasteiger partial charge in [0.25, 0.3) is 0 Å². The van der Waals surface area contributed by atoms with Gasteiger partial charge in [0.05, 0.1) is 29.2 Å². The van der Waals surface area contributed by atoms with E-state index < -0.39 is 10.8 Å². The fourth-order valence-electron chi connectivity index (χ4n) is 3.19. The predicted molar refractivity (Wildman–Crippen MR) is 116 cm³/mol. The Kier molecular flexibility index (Phi) is 5.42. The molecule has 3 heterocycles. The molecular formula is C20H20N4O3S2. The number of hydrogen-bond acceptors (Lipinski definition) is 6. The highest BCUT2D eigenvalue weighted by Crippen LogP contribution is 2.32. The Hall–Kier alpha value is -2.65. The maximum atomic E-state index is 11.5. The standard InChI is InChI=1S/C20H20N4O3S2/c1-11-5-14(27-13-3-4-18(22-9-13)29(2)26)6-12-7-16(24-19(11)12)20-23-10-15(28-20)8-17(21)25/h3-7,9,15,24H,8,10H2,1-2H3,(H2,21,25). The number of fused-ring (bicyclic) bond motifs is 1. The molecule has 2 aromatic heterocycles. The van der Waals surface area contributed by atoms with E-state index in [2.05, 4.69) is 15.0 Å². The van der Waals surface area contributed by atoms with Crippen molar-refractivity contribution in [3.05, 3.63) is 47.8 Å². The van der Waals surface area contributed by atoms with Crippen molar-refractivity contribution >= 4 is 44.4 Å². The average Bonchev–Trinajstić information content (AvgIpc) is 3.28. The van der Waals surface area contributed by atoms with Crippen LogP contribution in [0.4, 0.5) is 0 Å². The van der Waals surface area contributed by atoms with Crippen molar-refractivity contribution < 1.29 is 13.7 Å². The van der Waals surface area contributed by atoms with E-state index in [9.17, 15) is 9.00 Å². The third kappa shape index (κ3) is 4.35. The number of primary amides is 1. The predicted octanol–water partition coefficient (Wildman–Crippen LogP) is 3.14. The van der Waals surface area contributed by atoms with Gasteiger partial charge in [-0.25, -0.2) is 4.98 Å². The minimum atomic E-state index is -1.12. The van der Waals surface area contributed by atoms with E-state index in [1.54, 1.807) is 36.3 Å². The molecular weight excluding hydrogens is 408 g/mol. The fourth-order valence-corrected chi connectivity index (χ4v) is 4.75. The van der Waals surface area contributed by atoms with Crippen molar-refractivity contribution in [1.29, 1.82) is 0 Å². The van der Waals surface area contributed by atoms with Crippen LogP contribution in [-0.4, -0.2) is 43.2 Å². The number of hydrogen-bond donors (Lipinski definition) is 2. The van der Waals surface area contributed by atoms with Crippen LogP contribution in [0.2, 0.25) is 0 Å². The van der Waals surface area contributed by atoms with Gasteiger partial charge >= 0.3 is 0 Å². The number of rotatable bonds is 6. The van der Waals surface area contributed by atoms with E-state index in [0.717, 1.165) is 27.2 Å². The number of nitrogens with one attached hydrogen (secondary N) is 1. The molecule has 2 atom stereocenters. The maximum absolute atomic E-state index is 11.5. The number of H-pyrrole nitrogens is 1. The van der Waals surface area contributed by atoms with Crippen LogP contribution < -0.4 is 10.5 Å². The van der Waals surface area contributed by atoms with Gasteiger partial charge in [-0.2, -0.15) is 0 Å². The number of thioether (sulfide) groups is 1. The Morgan fingerprint density at radius 2 is 2.17 bits per heavy atom. The molecule has 0 aliphatic carbocycles. The molecule has 4 rings (SSSR count). The Balaban J connectivity index is 1.56. The zero-order valence-electron chi connectivity index (χ0n) is 16.0. The van der Waals surface area contributed by atoms with E-state index in [4.69, 9.17) is 10.5 Å². The molecule has 1 aliphatic heterocycles. The van der Waals surface area contributed by atoms with Crippen molar-refractivity contribution in [2.45, 2.75) is 23.6 Å². The summed E-state index contributed by atoms with van der Waals surface area (Å²) in [5, 5.41) is 2.52. The molecule has 3 N–H and O–H groups in total. The summed E-state index contributed by atoms with van der Waals surface area (Å²) in [6, 6.07) is 9.40. The highest BCUT2D eigenvalue weighted by Gasteiger charge is 2.23. The zero-order chi connectivity index (χ0) is 20.5. The Bertz CT molecular complexity index is 1140. The summed E-state index contributed by atoms with van der Waals surface area (Å²) in [6.07, 6.45) is 3.49. The first kappa shape index (κ1) is 19.7. The molecule has 0 saturated carbocycles. The fraction of sp³-hybridized carbons (Fsp3) is 0.250. The molecule has 1 amide bonds. The molecule has 2 unspecified atom stereocenters. The van der Waals surface area contributed by atoms with E-state index >= 15 is 0 Å². The molecule has 0 fully saturated rings. The highest BCUT2D eigenvalue weighted by molar-refractivity contribution is 8.15. The molecule has 0 spiro atoms. The number of ether oxygens (including phenoxy) is 1. The average molecular weight is 429 g/mol. The van der Waals surface area contributed by atoms with Crippen molar-refractivity contribution in [1.82, 2.24) is 9.97 Å². The minimum Gasteiger partial charge on any atom is -0.456 e. The van der Waals surface area contributed by atoms with Crippen molar-refractivity contribution in [2.75, 3.05) is 12.8 Å². The molecule has 3 aromatic rings. The summed E-state index contributed by atoms with van der Waals surface area (Å²) in [6.45, 7) is 2.60. The number of nitrogens with two attached hydrogens (primary N) is 1. The molecule has 150 valence electrons. The summed E-state index contributed by atoms with van der Waals surface area (Å²) in [4.78, 5) is 23.3. The van der Waals surface area contributed by atoms with Crippen molar-refractivity contribution in [3.63, 3.8) is 0 Å². The number of aromatic amines is 1. The van der Waals surface area contributed by atoms with E-state index in [-0.39, 0.29) is 11.2 Å². The number of aromatic nitrogens is 2. The monoisotopic (exact) mass is 428 g/mol. The van der Waals surface area contributed by atoms with Gasteiger partial charge in [0.15, 0.2) is 0 Å². The summed E-state index contributed by atoms with van der Waals surface area (Å²) in [5.41, 5.74) is 8.28. The molecule has 7 nitrogen and oxygen atoms in total. The lowest BCUT2D eigenvalue weighted by Crippen LogP contribution is -2.18. The van der Waals surface area contributed by atoms with Gasteiger partial charge in [0.1, 0.15) is 21.6 Å². The van der Waals surface area contributed by atoms with E-state index in [1.807, 2.05) is 25.1 Å². The number of carbonyl (C=O) groups excluding carboxylic acids is 1. The molecule has 1 aromatic carbocycles. The van der Waals surface area contributed by atoms with Crippen LogP contribution >= 0.6 is 11.8 Å². The Morgan fingerprint density at radius 1 is 1.34 bits per heavy atom. The number of aliphatic imine (C=N–C) groups is 1. The van der Waals surface area contributed by atoms with Gasteiger partial charge in [0, 0.05) is 28.8 Å². The van der Waals surface area contributed by atoms with Crippen LogP contribution in [0, 0.1) is 6.92 Å². The van der Waals surface area contributed by atoms with Crippen LogP contribution in [0.5, 0.6) is 11.5 Å². The molecule has 9 heteroatoms. The van der Waals surface area contributed by atoms with Crippen molar-refractivity contribution in [3.8, 4) is 11.5 Å². The molecule has 1 aliphatic rings. The second kappa shape index (κ2) is 8.00. The lowest BCUT2D eigenvalue weighted by atomic mass is 10.1. The number of aryl methyl sites for hydroxylation is 1. The van der Waals surface area contributed by atoms with Crippen LogP contribution in [-0.2, 0) is 15.6 Å². The first-order valence-corrected chi connectivity index (χ1v) is 11.4. The van der Waals surface area contributed by atoms with Gasteiger partial charge in [-0.3, -0.25) is 14.0 Å².